The summed E-state index contributed by atoms with van der Waals surface area (Å²) in [7, 11) is 0. The van der Waals surface area contributed by atoms with E-state index in [1.165, 1.54) is 5.56 Å². The summed E-state index contributed by atoms with van der Waals surface area (Å²) in [6, 6.07) is 7.77. The van der Waals surface area contributed by atoms with Gasteiger partial charge in [0.15, 0.2) is 0 Å². The Bertz CT molecular complexity index is 497. The number of hydrogen-bond donors (Lipinski definition) is 0. The van der Waals surface area contributed by atoms with Crippen molar-refractivity contribution in [1.29, 1.82) is 5.26 Å². The zero-order chi connectivity index (χ0) is 9.26. The third-order valence-electron chi connectivity index (χ3n) is 1.84. The largest absolute Gasteiger partial charge is 0.232 e. The molecule has 0 aliphatic heterocycles. The maximum absolute atomic E-state index is 8.58. The van der Waals surface area contributed by atoms with Crippen molar-refractivity contribution in [3.8, 4) is 6.07 Å². The fraction of sp³-hybridized carbons (Fsp3) is 0.100. The molecule has 0 fully saturated rings. The number of aromatic nitrogens is 2. The van der Waals surface area contributed by atoms with Crippen LogP contribution >= 0.6 is 0 Å². The normalized spacial score (nSPS) is 9.85. The minimum absolute atomic E-state index is 0.219. The molecule has 0 unspecified atom stereocenters. The molecule has 0 aliphatic rings. The molecule has 2 aromatic rings. The molecule has 0 bridgehead atoms. The Morgan fingerprint density at radius 2 is 2.23 bits per heavy atom. The smallest absolute Gasteiger partial charge is 0.227 e. The number of nitriles is 1. The van der Waals surface area contributed by atoms with Gasteiger partial charge in [0.2, 0.25) is 5.82 Å². The van der Waals surface area contributed by atoms with Gasteiger partial charge in [-0.05, 0) is 19.1 Å². The summed E-state index contributed by atoms with van der Waals surface area (Å²) in [5, 5.41) is 9.55. The van der Waals surface area contributed by atoms with E-state index in [9.17, 15) is 0 Å². The lowest BCUT2D eigenvalue weighted by Crippen LogP contribution is -1.88. The third kappa shape index (κ3) is 1.34. The predicted octanol–water partition coefficient (Wildman–Crippen LogP) is 1.81. The van der Waals surface area contributed by atoms with Gasteiger partial charge in [0.1, 0.15) is 6.07 Å². The van der Waals surface area contributed by atoms with Gasteiger partial charge in [0.25, 0.3) is 0 Å². The first kappa shape index (κ1) is 7.69. The lowest BCUT2D eigenvalue weighted by Gasteiger charge is -1.97. The maximum atomic E-state index is 8.58. The zero-order valence-electron chi connectivity index (χ0n) is 7.15. The molecule has 0 saturated carbocycles. The minimum atomic E-state index is 0.219. The van der Waals surface area contributed by atoms with Crippen LogP contribution in [0, 0.1) is 18.3 Å². The van der Waals surface area contributed by atoms with Crippen LogP contribution in [-0.2, 0) is 0 Å². The van der Waals surface area contributed by atoms with Gasteiger partial charge in [-0.1, -0.05) is 11.6 Å². The summed E-state index contributed by atoms with van der Waals surface area (Å²) >= 11 is 0. The zero-order valence-corrected chi connectivity index (χ0v) is 7.15. The van der Waals surface area contributed by atoms with Crippen LogP contribution in [-0.4, -0.2) is 9.97 Å². The van der Waals surface area contributed by atoms with Crippen LogP contribution in [0.3, 0.4) is 0 Å². The molecule has 0 saturated heterocycles. The SMILES string of the molecule is Cc1ccc2nc(C#N)ncc2c1. The van der Waals surface area contributed by atoms with E-state index in [4.69, 9.17) is 5.26 Å². The van der Waals surface area contributed by atoms with E-state index in [0.717, 1.165) is 10.9 Å². The number of fused-ring (bicyclic) bond motifs is 1. The molecule has 62 valence electrons. The average Bonchev–Trinajstić information content (AvgIpc) is 2.17. The number of benzene rings is 1. The van der Waals surface area contributed by atoms with Gasteiger partial charge in [-0.25, -0.2) is 9.97 Å². The van der Waals surface area contributed by atoms with E-state index >= 15 is 0 Å². The quantitative estimate of drug-likeness (QED) is 0.604. The second kappa shape index (κ2) is 2.83. The van der Waals surface area contributed by atoms with Gasteiger partial charge >= 0.3 is 0 Å². The van der Waals surface area contributed by atoms with Gasteiger partial charge in [-0.3, -0.25) is 0 Å². The van der Waals surface area contributed by atoms with E-state index in [1.54, 1.807) is 6.20 Å². The Hall–Kier alpha value is -1.95. The van der Waals surface area contributed by atoms with E-state index in [1.807, 2.05) is 31.2 Å². The minimum Gasteiger partial charge on any atom is -0.227 e. The first-order valence-electron chi connectivity index (χ1n) is 3.93. The second-order valence-electron chi connectivity index (χ2n) is 2.87. The van der Waals surface area contributed by atoms with Crippen molar-refractivity contribution in [3.63, 3.8) is 0 Å². The van der Waals surface area contributed by atoms with Crippen molar-refractivity contribution < 1.29 is 0 Å². The molecule has 2 rings (SSSR count). The van der Waals surface area contributed by atoms with Crippen molar-refractivity contribution in [2.24, 2.45) is 0 Å². The monoisotopic (exact) mass is 169 g/mol. The molecule has 1 heterocycles. The van der Waals surface area contributed by atoms with E-state index in [2.05, 4.69) is 9.97 Å². The fourth-order valence-corrected chi connectivity index (χ4v) is 1.21. The second-order valence-corrected chi connectivity index (χ2v) is 2.87. The lowest BCUT2D eigenvalue weighted by molar-refractivity contribution is 1.16. The lowest BCUT2D eigenvalue weighted by atomic mass is 10.2. The van der Waals surface area contributed by atoms with Gasteiger partial charge < -0.3 is 0 Å². The van der Waals surface area contributed by atoms with E-state index in [0.29, 0.717) is 0 Å². The Labute approximate surface area is 75.7 Å². The number of rotatable bonds is 0. The number of aryl methyl sites for hydroxylation is 1. The highest BCUT2D eigenvalue weighted by Gasteiger charge is 1.97. The summed E-state index contributed by atoms with van der Waals surface area (Å²) in [5.74, 6) is 0.219. The summed E-state index contributed by atoms with van der Waals surface area (Å²) in [4.78, 5) is 7.96. The van der Waals surface area contributed by atoms with Gasteiger partial charge in [0.05, 0.1) is 5.52 Å². The molecule has 1 aromatic carbocycles. The molecule has 3 heteroatoms. The summed E-state index contributed by atoms with van der Waals surface area (Å²) < 4.78 is 0. The Morgan fingerprint density at radius 1 is 1.38 bits per heavy atom. The Kier molecular flexibility index (Phi) is 1.67. The van der Waals surface area contributed by atoms with Gasteiger partial charge in [-0.15, -0.1) is 0 Å². The van der Waals surface area contributed by atoms with Crippen molar-refractivity contribution in [2.45, 2.75) is 6.92 Å². The molecule has 0 aliphatic carbocycles. The average molecular weight is 169 g/mol. The first-order chi connectivity index (χ1) is 6.29. The highest BCUT2D eigenvalue weighted by Crippen LogP contribution is 2.12. The fourth-order valence-electron chi connectivity index (χ4n) is 1.21. The van der Waals surface area contributed by atoms with E-state index in [-0.39, 0.29) is 5.82 Å². The van der Waals surface area contributed by atoms with Crippen molar-refractivity contribution >= 4 is 10.9 Å². The Balaban J connectivity index is 2.75. The molecule has 0 N–H and O–H groups in total. The van der Waals surface area contributed by atoms with E-state index < -0.39 is 0 Å². The molecule has 0 radical (unpaired) electrons. The van der Waals surface area contributed by atoms with Crippen LogP contribution in [0.15, 0.2) is 24.4 Å². The van der Waals surface area contributed by atoms with Crippen molar-refractivity contribution in [3.05, 3.63) is 35.8 Å². The summed E-state index contributed by atoms with van der Waals surface area (Å²) in [6.45, 7) is 2.01. The van der Waals surface area contributed by atoms with Crippen LogP contribution in [0.2, 0.25) is 0 Å². The standard InChI is InChI=1S/C10H7N3/c1-7-2-3-9-8(4-7)6-12-10(5-11)13-9/h2-4,6H,1H3. The molecule has 1 aromatic heterocycles. The third-order valence-corrected chi connectivity index (χ3v) is 1.84. The molecular weight excluding hydrogens is 162 g/mol. The molecular formula is C10H7N3. The Morgan fingerprint density at radius 3 is 3.00 bits per heavy atom. The molecule has 3 nitrogen and oxygen atoms in total. The highest BCUT2D eigenvalue weighted by molar-refractivity contribution is 5.78. The van der Waals surface area contributed by atoms with Crippen LogP contribution in [0.25, 0.3) is 10.9 Å². The van der Waals surface area contributed by atoms with Gasteiger partial charge in [-0.2, -0.15) is 5.26 Å². The number of hydrogen-bond acceptors (Lipinski definition) is 3. The summed E-state index contributed by atoms with van der Waals surface area (Å²) in [6.07, 6.45) is 1.67. The molecule has 0 spiro atoms. The topological polar surface area (TPSA) is 49.6 Å². The van der Waals surface area contributed by atoms with Crippen LogP contribution < -0.4 is 0 Å². The number of nitrogens with zero attached hydrogens (tertiary/aromatic N) is 3. The van der Waals surface area contributed by atoms with Gasteiger partial charge in [0, 0.05) is 11.6 Å². The molecule has 0 amide bonds. The maximum Gasteiger partial charge on any atom is 0.232 e. The van der Waals surface area contributed by atoms with Crippen molar-refractivity contribution in [2.75, 3.05) is 0 Å². The highest BCUT2D eigenvalue weighted by atomic mass is 14.9. The van der Waals surface area contributed by atoms with Crippen molar-refractivity contribution in [1.82, 2.24) is 9.97 Å². The van der Waals surface area contributed by atoms with Crippen LogP contribution in [0.4, 0.5) is 0 Å². The van der Waals surface area contributed by atoms with Crippen LogP contribution in [0.5, 0.6) is 0 Å². The van der Waals surface area contributed by atoms with Crippen LogP contribution in [0.1, 0.15) is 11.4 Å². The molecule has 0 atom stereocenters. The summed E-state index contributed by atoms with van der Waals surface area (Å²) in [5.41, 5.74) is 1.98. The molecule has 13 heavy (non-hydrogen) atoms. The predicted molar refractivity (Wildman–Crippen MR) is 49.0 cm³/mol. The first-order valence-corrected chi connectivity index (χ1v) is 3.93.